The molecular formula is C22H22F5N5O. The van der Waals surface area contributed by atoms with Crippen LogP contribution in [0.5, 0.6) is 5.75 Å². The summed E-state index contributed by atoms with van der Waals surface area (Å²) >= 11 is 0. The molecule has 0 radical (unpaired) electrons. The van der Waals surface area contributed by atoms with Crippen molar-refractivity contribution in [1.82, 2.24) is 14.9 Å². The molecule has 11 heteroatoms. The molecule has 3 rings (SSSR count). The first-order valence-electron chi connectivity index (χ1n) is 9.90. The van der Waals surface area contributed by atoms with Crippen molar-refractivity contribution in [3.63, 3.8) is 0 Å². The molecule has 3 aromatic rings. The summed E-state index contributed by atoms with van der Waals surface area (Å²) in [7, 11) is 3.80. The minimum absolute atomic E-state index is 0.0689. The average Bonchev–Trinajstić information content (AvgIpc) is 2.70. The second kappa shape index (κ2) is 10.4. The fourth-order valence-corrected chi connectivity index (χ4v) is 2.91. The van der Waals surface area contributed by atoms with Crippen LogP contribution in [0, 0.1) is 11.6 Å². The quantitative estimate of drug-likeness (QED) is 0.437. The van der Waals surface area contributed by atoms with Gasteiger partial charge in [0.2, 0.25) is 5.95 Å². The van der Waals surface area contributed by atoms with Crippen LogP contribution in [0.4, 0.5) is 33.7 Å². The third-order valence-electron chi connectivity index (χ3n) is 4.33. The molecule has 33 heavy (non-hydrogen) atoms. The van der Waals surface area contributed by atoms with Crippen molar-refractivity contribution in [2.75, 3.05) is 37.8 Å². The van der Waals surface area contributed by atoms with Crippen LogP contribution in [0.25, 0.3) is 11.3 Å². The van der Waals surface area contributed by atoms with Gasteiger partial charge in [-0.1, -0.05) is 12.1 Å². The second-order valence-corrected chi connectivity index (χ2v) is 7.40. The highest BCUT2D eigenvalue weighted by Gasteiger charge is 2.31. The Morgan fingerprint density at radius 3 is 2.33 bits per heavy atom. The minimum atomic E-state index is -4.82. The zero-order valence-corrected chi connectivity index (χ0v) is 17.9. The fourth-order valence-electron chi connectivity index (χ4n) is 2.91. The summed E-state index contributed by atoms with van der Waals surface area (Å²) in [5, 5.41) is 6.03. The van der Waals surface area contributed by atoms with Crippen LogP contribution in [0.3, 0.4) is 0 Å². The number of anilines is 2. The molecule has 0 aliphatic rings. The summed E-state index contributed by atoms with van der Waals surface area (Å²) in [4.78, 5) is 10.7. The van der Waals surface area contributed by atoms with E-state index in [1.165, 1.54) is 36.4 Å². The molecule has 0 saturated heterocycles. The van der Waals surface area contributed by atoms with Crippen molar-refractivity contribution in [3.8, 4) is 17.0 Å². The maximum Gasteiger partial charge on any atom is 0.573 e. The molecule has 0 bridgehead atoms. The Morgan fingerprint density at radius 1 is 0.939 bits per heavy atom. The van der Waals surface area contributed by atoms with Crippen molar-refractivity contribution >= 4 is 11.8 Å². The van der Waals surface area contributed by atoms with E-state index in [1.54, 1.807) is 6.07 Å². The molecule has 0 saturated carbocycles. The van der Waals surface area contributed by atoms with Gasteiger partial charge in [-0.3, -0.25) is 0 Å². The molecule has 0 amide bonds. The standard InChI is InChI=1S/C22H22F5N5O/c1-32(2)7-6-28-21-30-19(15-4-3-5-18(10-15)33-22(25,26)27)12-20(31-21)29-13-14-8-16(23)11-17(24)9-14/h3-5,8-12H,6-7,13H2,1-2H3,(H2,28,29,30,31). The fraction of sp³-hybridized carbons (Fsp3) is 0.273. The third-order valence-corrected chi connectivity index (χ3v) is 4.33. The molecular weight excluding hydrogens is 445 g/mol. The van der Waals surface area contributed by atoms with Crippen LogP contribution in [0.2, 0.25) is 0 Å². The Labute approximate surface area is 187 Å². The Kier molecular flexibility index (Phi) is 7.64. The zero-order valence-electron chi connectivity index (χ0n) is 17.9. The maximum absolute atomic E-state index is 13.5. The molecule has 0 atom stereocenters. The number of hydrogen-bond acceptors (Lipinski definition) is 6. The van der Waals surface area contributed by atoms with Crippen molar-refractivity contribution in [2.45, 2.75) is 12.9 Å². The van der Waals surface area contributed by atoms with Gasteiger partial charge in [-0.25, -0.2) is 13.8 Å². The molecule has 0 aliphatic carbocycles. The monoisotopic (exact) mass is 467 g/mol. The van der Waals surface area contributed by atoms with Gasteiger partial charge in [-0.15, -0.1) is 13.2 Å². The summed E-state index contributed by atoms with van der Waals surface area (Å²) in [5.41, 5.74) is 1.06. The Hall–Kier alpha value is -3.47. The van der Waals surface area contributed by atoms with E-state index >= 15 is 0 Å². The van der Waals surface area contributed by atoms with E-state index in [1.807, 2.05) is 19.0 Å². The number of likely N-dealkylation sites (N-methyl/N-ethyl adjacent to an activating group) is 1. The van der Waals surface area contributed by atoms with Gasteiger partial charge in [0.15, 0.2) is 0 Å². The topological polar surface area (TPSA) is 62.3 Å². The highest BCUT2D eigenvalue weighted by molar-refractivity contribution is 5.66. The molecule has 0 fully saturated rings. The smallest absolute Gasteiger partial charge is 0.406 e. The number of halogens is 5. The minimum Gasteiger partial charge on any atom is -0.406 e. The maximum atomic E-state index is 13.5. The summed E-state index contributed by atoms with van der Waals surface area (Å²) in [6.07, 6.45) is -4.82. The predicted octanol–water partition coefficient (Wildman–Crippen LogP) is 4.91. The largest absolute Gasteiger partial charge is 0.573 e. The van der Waals surface area contributed by atoms with Gasteiger partial charge < -0.3 is 20.3 Å². The summed E-state index contributed by atoms with van der Waals surface area (Å²) < 4.78 is 68.7. The molecule has 2 N–H and O–H groups in total. The number of hydrogen-bond donors (Lipinski definition) is 2. The number of ether oxygens (including phenoxy) is 1. The summed E-state index contributed by atoms with van der Waals surface area (Å²) in [6, 6.07) is 10.1. The number of rotatable bonds is 9. The molecule has 0 spiro atoms. The SMILES string of the molecule is CN(C)CCNc1nc(NCc2cc(F)cc(F)c2)cc(-c2cccc(OC(F)(F)F)c2)n1. The van der Waals surface area contributed by atoms with E-state index in [0.29, 0.717) is 35.7 Å². The van der Waals surface area contributed by atoms with Crippen LogP contribution in [0.1, 0.15) is 5.56 Å². The lowest BCUT2D eigenvalue weighted by atomic mass is 10.1. The van der Waals surface area contributed by atoms with Gasteiger partial charge in [0, 0.05) is 37.3 Å². The zero-order chi connectivity index (χ0) is 24.0. The molecule has 2 aromatic carbocycles. The van der Waals surface area contributed by atoms with Crippen LogP contribution in [-0.4, -0.2) is 48.4 Å². The van der Waals surface area contributed by atoms with Gasteiger partial charge >= 0.3 is 6.36 Å². The van der Waals surface area contributed by atoms with Crippen molar-refractivity contribution in [2.24, 2.45) is 0 Å². The molecule has 6 nitrogen and oxygen atoms in total. The van der Waals surface area contributed by atoms with Crippen molar-refractivity contribution in [3.05, 3.63) is 65.7 Å². The highest BCUT2D eigenvalue weighted by atomic mass is 19.4. The number of alkyl halides is 3. The van der Waals surface area contributed by atoms with E-state index in [4.69, 9.17) is 0 Å². The van der Waals surface area contributed by atoms with Gasteiger partial charge in [0.1, 0.15) is 23.2 Å². The normalized spacial score (nSPS) is 11.5. The Bertz CT molecular complexity index is 1070. The lowest BCUT2D eigenvalue weighted by Crippen LogP contribution is -2.21. The van der Waals surface area contributed by atoms with Crippen molar-refractivity contribution in [1.29, 1.82) is 0 Å². The number of nitrogens with one attached hydrogen (secondary N) is 2. The van der Waals surface area contributed by atoms with Crippen LogP contribution in [-0.2, 0) is 6.54 Å². The van der Waals surface area contributed by atoms with E-state index in [0.717, 1.165) is 6.07 Å². The van der Waals surface area contributed by atoms with E-state index < -0.39 is 18.0 Å². The van der Waals surface area contributed by atoms with Gasteiger partial charge in [-0.2, -0.15) is 4.98 Å². The Balaban J connectivity index is 1.88. The van der Waals surface area contributed by atoms with E-state index in [9.17, 15) is 22.0 Å². The predicted molar refractivity (Wildman–Crippen MR) is 115 cm³/mol. The average molecular weight is 467 g/mol. The highest BCUT2D eigenvalue weighted by Crippen LogP contribution is 2.28. The molecule has 0 aliphatic heterocycles. The second-order valence-electron chi connectivity index (χ2n) is 7.40. The van der Waals surface area contributed by atoms with Gasteiger partial charge in [0.25, 0.3) is 0 Å². The van der Waals surface area contributed by atoms with Gasteiger partial charge in [0.05, 0.1) is 5.69 Å². The number of nitrogens with zero attached hydrogens (tertiary/aromatic N) is 3. The summed E-state index contributed by atoms with van der Waals surface area (Å²) in [5.74, 6) is -1.24. The first-order chi connectivity index (χ1) is 15.6. The van der Waals surface area contributed by atoms with E-state index in [2.05, 4.69) is 25.3 Å². The Morgan fingerprint density at radius 2 is 1.67 bits per heavy atom. The number of benzene rings is 2. The lowest BCUT2D eigenvalue weighted by molar-refractivity contribution is -0.274. The molecule has 1 aromatic heterocycles. The number of aromatic nitrogens is 2. The lowest BCUT2D eigenvalue weighted by Gasteiger charge is -2.14. The molecule has 1 heterocycles. The first kappa shape index (κ1) is 24.2. The van der Waals surface area contributed by atoms with Gasteiger partial charge in [-0.05, 0) is 43.9 Å². The van der Waals surface area contributed by atoms with E-state index in [-0.39, 0.29) is 18.2 Å². The first-order valence-corrected chi connectivity index (χ1v) is 9.90. The summed E-state index contributed by atoms with van der Waals surface area (Å²) in [6.45, 7) is 1.27. The van der Waals surface area contributed by atoms with Crippen LogP contribution >= 0.6 is 0 Å². The molecule has 176 valence electrons. The molecule has 0 unspecified atom stereocenters. The third kappa shape index (κ3) is 7.86. The van der Waals surface area contributed by atoms with Crippen LogP contribution < -0.4 is 15.4 Å². The van der Waals surface area contributed by atoms with Crippen LogP contribution in [0.15, 0.2) is 48.5 Å². The van der Waals surface area contributed by atoms with Crippen molar-refractivity contribution < 1.29 is 26.7 Å².